The van der Waals surface area contributed by atoms with Crippen molar-refractivity contribution in [3.8, 4) is 0 Å². The topological polar surface area (TPSA) is 71.4 Å². The van der Waals surface area contributed by atoms with E-state index in [1.54, 1.807) is 0 Å². The summed E-state index contributed by atoms with van der Waals surface area (Å²) in [5.74, 6) is 0. The maximum Gasteiger partial charge on any atom is 2.00 e. The molecule has 0 aromatic heterocycles. The molecule has 0 saturated heterocycles. The van der Waals surface area contributed by atoms with Crippen LogP contribution in [0.2, 0.25) is 0 Å². The van der Waals surface area contributed by atoms with E-state index in [1.165, 1.54) is 0 Å². The summed E-state index contributed by atoms with van der Waals surface area (Å²) in [6.07, 6.45) is 0. The van der Waals surface area contributed by atoms with E-state index in [2.05, 4.69) is 0 Å². The number of hydrogen-bond donors (Lipinski definition) is 0. The predicted molar refractivity (Wildman–Crippen MR) is 14.9 cm³/mol. The third-order valence-corrected chi connectivity index (χ3v) is 0. The summed E-state index contributed by atoms with van der Waals surface area (Å²) in [5.41, 5.74) is 0. The van der Waals surface area contributed by atoms with Gasteiger partial charge in [0.2, 0.25) is 0 Å². The Kier molecular flexibility index (Phi) is 4240. The summed E-state index contributed by atoms with van der Waals surface area (Å²) in [6, 6.07) is 0. The van der Waals surface area contributed by atoms with Crippen LogP contribution in [0, 0.1) is 35.5 Å². The normalized spacial score (nSPS) is 0.750. The molecule has 0 amide bonds. The summed E-state index contributed by atoms with van der Waals surface area (Å²) in [4.78, 5) is 0. The van der Waals surface area contributed by atoms with Gasteiger partial charge in [0.15, 0.2) is 0 Å². The minimum atomic E-state index is 0. The molecular formula is C3CoKN3. The molecule has 0 aliphatic carbocycles. The molecule has 3 nitrogen and oxygen atoms in total. The van der Waals surface area contributed by atoms with Gasteiger partial charge in [-0.3, -0.25) is 0 Å². The van der Waals surface area contributed by atoms with E-state index in [1.807, 2.05) is 0 Å². The Bertz CT molecular complexity index is 43.0. The first kappa shape index (κ1) is 38.2. The zero-order valence-electron chi connectivity index (χ0n) is 4.17. The van der Waals surface area contributed by atoms with E-state index in [0.29, 0.717) is 0 Å². The molecule has 0 aromatic carbocycles. The minimum Gasteiger partial charge on any atom is -0.512 e. The summed E-state index contributed by atoms with van der Waals surface area (Å²) < 4.78 is 0. The summed E-state index contributed by atoms with van der Waals surface area (Å²) >= 11 is 0. The van der Waals surface area contributed by atoms with Gasteiger partial charge in [0.25, 0.3) is 0 Å². The van der Waals surface area contributed by atoms with E-state index < -0.39 is 0 Å². The minimum absolute atomic E-state index is 0. The molecule has 0 aliphatic heterocycles. The Morgan fingerprint density at radius 1 is 0.625 bits per heavy atom. The van der Waals surface area contributed by atoms with Crippen LogP contribution in [0.25, 0.3) is 0 Å². The predicted octanol–water partition coefficient (Wildman–Crippen LogP) is -2.71. The van der Waals surface area contributed by atoms with Crippen LogP contribution in [-0.4, -0.2) is 0 Å². The van der Waals surface area contributed by atoms with Crippen LogP contribution in [-0.2, 0) is 16.8 Å². The van der Waals surface area contributed by atoms with Crippen molar-refractivity contribution in [2.24, 2.45) is 0 Å². The molecular weight excluding hydrogens is 176 g/mol. The molecule has 0 rings (SSSR count). The van der Waals surface area contributed by atoms with Crippen LogP contribution in [0.15, 0.2) is 0 Å². The van der Waals surface area contributed by atoms with Crippen LogP contribution < -0.4 is 51.4 Å². The first-order chi connectivity index (χ1) is 3.00. The van der Waals surface area contributed by atoms with Gasteiger partial charge in [0.1, 0.15) is 0 Å². The monoisotopic (exact) mass is 176 g/mol. The van der Waals surface area contributed by atoms with Crippen molar-refractivity contribution in [3.63, 3.8) is 0 Å². The Labute approximate surface area is 102 Å². The molecule has 1 radical (unpaired) electrons. The second-order valence-electron chi connectivity index (χ2n) is 0. The number of nitrogens with zero attached hydrogens (tertiary/aromatic N) is 3. The van der Waals surface area contributed by atoms with Crippen molar-refractivity contribution in [3.05, 3.63) is 19.7 Å². The van der Waals surface area contributed by atoms with Gasteiger partial charge in [-0.05, 0) is 0 Å². The van der Waals surface area contributed by atoms with E-state index in [9.17, 15) is 0 Å². The fraction of sp³-hybridized carbons (Fsp3) is 0. The maximum atomic E-state index is 6.25. The van der Waals surface area contributed by atoms with Gasteiger partial charge in [0, 0.05) is 0 Å². The molecule has 5 heteroatoms. The van der Waals surface area contributed by atoms with Gasteiger partial charge < -0.3 is 35.5 Å². The SMILES string of the molecule is [C-]#N.[C-]#N.[C-]#N.[Co+2].[K+]. The molecule has 0 saturated carbocycles. The Hall–Kier alpha value is 0.613. The zero-order chi connectivity index (χ0) is 6.00. The molecule has 0 unspecified atom stereocenters. The van der Waals surface area contributed by atoms with Crippen LogP contribution >= 0.6 is 0 Å². The molecule has 8 heavy (non-hydrogen) atoms. The molecule has 0 heterocycles. The van der Waals surface area contributed by atoms with E-state index in [-0.39, 0.29) is 68.2 Å². The Morgan fingerprint density at radius 2 is 0.625 bits per heavy atom. The van der Waals surface area contributed by atoms with Gasteiger partial charge in [0.05, 0.1) is 0 Å². The van der Waals surface area contributed by atoms with Crippen molar-refractivity contribution in [1.82, 2.24) is 0 Å². The van der Waals surface area contributed by atoms with Crippen LogP contribution in [0.3, 0.4) is 0 Å². The Balaban J connectivity index is -0.00000000500. The van der Waals surface area contributed by atoms with Crippen molar-refractivity contribution in [1.29, 1.82) is 15.8 Å². The largest absolute Gasteiger partial charge is 2.00 e. The number of hydrogen-bond acceptors (Lipinski definition) is 3. The number of rotatable bonds is 0. The molecule has 0 aliphatic rings. The van der Waals surface area contributed by atoms with Gasteiger partial charge in [-0.2, -0.15) is 0 Å². The third kappa shape index (κ3) is 555. The maximum absolute atomic E-state index is 6.25. The van der Waals surface area contributed by atoms with E-state index in [4.69, 9.17) is 35.5 Å². The van der Waals surface area contributed by atoms with Crippen LogP contribution in [0.4, 0.5) is 0 Å². The second kappa shape index (κ2) is 886. The average molecular weight is 176 g/mol. The fourth-order valence-corrected chi connectivity index (χ4v) is 0. The zero-order valence-corrected chi connectivity index (χ0v) is 8.34. The van der Waals surface area contributed by atoms with Gasteiger partial charge >= 0.3 is 68.2 Å². The van der Waals surface area contributed by atoms with E-state index in [0.717, 1.165) is 0 Å². The van der Waals surface area contributed by atoms with Crippen molar-refractivity contribution in [2.45, 2.75) is 0 Å². The molecule has 0 bridgehead atoms. The molecule has 0 spiro atoms. The second-order valence-corrected chi connectivity index (χ2v) is 0. The van der Waals surface area contributed by atoms with Crippen molar-refractivity contribution < 1.29 is 68.2 Å². The molecule has 37 valence electrons. The van der Waals surface area contributed by atoms with Crippen LogP contribution in [0.1, 0.15) is 0 Å². The first-order valence-electron chi connectivity index (χ1n) is 0.671. The fourth-order valence-electron chi connectivity index (χ4n) is 0. The Morgan fingerprint density at radius 3 is 0.625 bits per heavy atom. The summed E-state index contributed by atoms with van der Waals surface area (Å²) in [7, 11) is 0. The van der Waals surface area contributed by atoms with Gasteiger partial charge in [-0.1, -0.05) is 0 Å². The van der Waals surface area contributed by atoms with E-state index >= 15 is 0 Å². The average Bonchev–Trinajstić information content (AvgIpc) is 1.81. The summed E-state index contributed by atoms with van der Waals surface area (Å²) in [5, 5.41) is 18.8. The molecule has 0 N–H and O–H groups in total. The first-order valence-corrected chi connectivity index (χ1v) is 0.671. The van der Waals surface area contributed by atoms with Crippen LogP contribution in [0.5, 0.6) is 0 Å². The smallest absolute Gasteiger partial charge is 0.512 e. The van der Waals surface area contributed by atoms with Crippen molar-refractivity contribution >= 4 is 0 Å². The molecule has 0 aromatic rings. The third-order valence-electron chi connectivity index (χ3n) is 0. The molecule has 0 atom stereocenters. The standard InChI is InChI=1S/3CN.Co.K/c3*1-2;;/q3*-1;+2;+1. The van der Waals surface area contributed by atoms with Gasteiger partial charge in [-0.15, -0.1) is 0 Å². The summed E-state index contributed by atoms with van der Waals surface area (Å²) in [6.45, 7) is 14.2. The quantitative estimate of drug-likeness (QED) is 0.297. The van der Waals surface area contributed by atoms with Gasteiger partial charge in [-0.25, -0.2) is 0 Å². The molecule has 0 fully saturated rings. The van der Waals surface area contributed by atoms with Crippen molar-refractivity contribution in [2.75, 3.05) is 0 Å².